The molecule has 0 aromatic heterocycles. The van der Waals surface area contributed by atoms with E-state index in [1.807, 2.05) is 24.3 Å². The number of carboxylic acids is 1. The number of carbonyl (C=O) groups is 3. The van der Waals surface area contributed by atoms with Gasteiger partial charge in [0.2, 0.25) is 5.91 Å². The van der Waals surface area contributed by atoms with Crippen LogP contribution < -0.4 is 10.6 Å². The molecular weight excluding hydrogens is 432 g/mol. The molecule has 0 heterocycles. The van der Waals surface area contributed by atoms with Crippen molar-refractivity contribution in [2.75, 3.05) is 6.61 Å². The molecule has 7 nitrogen and oxygen atoms in total. The van der Waals surface area contributed by atoms with E-state index in [1.165, 1.54) is 11.1 Å². The summed E-state index contributed by atoms with van der Waals surface area (Å²) < 4.78 is 5.70. The van der Waals surface area contributed by atoms with Crippen molar-refractivity contribution >= 4 is 18.0 Å². The summed E-state index contributed by atoms with van der Waals surface area (Å²) in [5.74, 6) is -1.41. The van der Waals surface area contributed by atoms with Gasteiger partial charge in [0.05, 0.1) is 5.92 Å². The summed E-state index contributed by atoms with van der Waals surface area (Å²) in [6.45, 7) is 1.95. The van der Waals surface area contributed by atoms with Gasteiger partial charge in [-0.2, -0.15) is 0 Å². The van der Waals surface area contributed by atoms with Crippen molar-refractivity contribution in [2.24, 2.45) is 17.8 Å². The van der Waals surface area contributed by atoms with Gasteiger partial charge < -0.3 is 20.5 Å². The minimum atomic E-state index is -1.04. The zero-order chi connectivity index (χ0) is 23.8. The van der Waals surface area contributed by atoms with Gasteiger partial charge in [-0.25, -0.2) is 9.59 Å². The molecule has 0 aliphatic heterocycles. The van der Waals surface area contributed by atoms with Gasteiger partial charge in [0.1, 0.15) is 12.6 Å². The number of carboxylic acid groups (broad SMARTS) is 1. The average molecular weight is 463 g/mol. The molecule has 4 unspecified atom stereocenters. The maximum Gasteiger partial charge on any atom is 0.407 e. The monoisotopic (exact) mass is 462 g/mol. The lowest BCUT2D eigenvalue weighted by atomic mass is 9.83. The highest BCUT2D eigenvalue weighted by atomic mass is 16.5. The number of aliphatic carboxylic acids is 1. The van der Waals surface area contributed by atoms with Gasteiger partial charge in [-0.15, -0.1) is 0 Å². The van der Waals surface area contributed by atoms with Crippen molar-refractivity contribution < 1.29 is 24.2 Å². The van der Waals surface area contributed by atoms with Gasteiger partial charge in [-0.05, 0) is 59.8 Å². The highest BCUT2D eigenvalue weighted by molar-refractivity contribution is 5.86. The van der Waals surface area contributed by atoms with Crippen LogP contribution in [0.1, 0.15) is 49.7 Å². The lowest BCUT2D eigenvalue weighted by molar-refractivity contribution is -0.143. The van der Waals surface area contributed by atoms with E-state index in [2.05, 4.69) is 34.9 Å². The van der Waals surface area contributed by atoms with Crippen LogP contribution in [0.5, 0.6) is 0 Å². The molecule has 3 aliphatic carbocycles. The number of carbonyl (C=O) groups excluding carboxylic acids is 2. The van der Waals surface area contributed by atoms with Crippen LogP contribution in [0.25, 0.3) is 11.1 Å². The minimum absolute atomic E-state index is 0.0295. The van der Waals surface area contributed by atoms with Crippen molar-refractivity contribution in [1.82, 2.24) is 10.6 Å². The zero-order valence-electron chi connectivity index (χ0n) is 19.2. The maximum absolute atomic E-state index is 13.0. The van der Waals surface area contributed by atoms with Gasteiger partial charge >= 0.3 is 12.1 Å². The molecule has 0 saturated heterocycles. The standard InChI is InChI=1S/C27H30N2O5/c1-2-22(26(31)32)28-25(30)23-15-11-12-16(13-15)24(23)29-27(33)34-14-21-19-9-5-3-7-17(19)18-8-4-6-10-20(18)21/h3-10,15-16,21-24H,2,11-14H2,1H3,(H,28,30)(H,29,33)(H,31,32)/t15?,16?,22-,23?,24?/m0/s1. The Labute approximate surface area is 198 Å². The molecule has 3 N–H and O–H groups in total. The van der Waals surface area contributed by atoms with Crippen LogP contribution in [0.15, 0.2) is 48.5 Å². The van der Waals surface area contributed by atoms with Crippen molar-refractivity contribution in [1.29, 1.82) is 0 Å². The second-order valence-corrected chi connectivity index (χ2v) is 9.66. The first-order chi connectivity index (χ1) is 16.5. The Morgan fingerprint density at radius 3 is 2.24 bits per heavy atom. The van der Waals surface area contributed by atoms with Gasteiger partial charge in [0.15, 0.2) is 0 Å². The van der Waals surface area contributed by atoms with E-state index in [4.69, 9.17) is 4.74 Å². The summed E-state index contributed by atoms with van der Waals surface area (Å²) >= 11 is 0. The number of alkyl carbamates (subject to hydrolysis) is 1. The molecule has 2 aromatic rings. The number of amides is 2. The fourth-order valence-corrected chi connectivity index (χ4v) is 6.26. The van der Waals surface area contributed by atoms with E-state index >= 15 is 0 Å². The number of hydrogen-bond donors (Lipinski definition) is 3. The SMILES string of the molecule is CC[C@H](NC(=O)C1C2CCC(C2)C1NC(=O)OCC1c2ccccc2-c2ccccc21)C(=O)O. The van der Waals surface area contributed by atoms with E-state index < -0.39 is 24.0 Å². The first kappa shape index (κ1) is 22.4. The first-order valence-corrected chi connectivity index (χ1v) is 12.1. The van der Waals surface area contributed by atoms with Crippen molar-refractivity contribution in [3.05, 3.63) is 59.7 Å². The van der Waals surface area contributed by atoms with Gasteiger partial charge in [0.25, 0.3) is 0 Å². The third-order valence-electron chi connectivity index (χ3n) is 7.87. The predicted octanol–water partition coefficient (Wildman–Crippen LogP) is 3.92. The molecule has 2 saturated carbocycles. The molecule has 2 bridgehead atoms. The molecule has 2 aromatic carbocycles. The molecule has 5 rings (SSSR count). The quantitative estimate of drug-likeness (QED) is 0.579. The number of benzene rings is 2. The van der Waals surface area contributed by atoms with Crippen molar-refractivity contribution in [2.45, 2.75) is 50.6 Å². The Morgan fingerprint density at radius 1 is 1.00 bits per heavy atom. The lowest BCUT2D eigenvalue weighted by Gasteiger charge is -2.31. The van der Waals surface area contributed by atoms with Crippen LogP contribution in [-0.2, 0) is 14.3 Å². The van der Waals surface area contributed by atoms with Crippen LogP contribution >= 0.6 is 0 Å². The summed E-state index contributed by atoms with van der Waals surface area (Å²) in [7, 11) is 0. The Morgan fingerprint density at radius 2 is 1.62 bits per heavy atom. The number of rotatable bonds is 7. The topological polar surface area (TPSA) is 105 Å². The Kier molecular flexibility index (Phi) is 6.02. The van der Waals surface area contributed by atoms with E-state index in [1.54, 1.807) is 6.92 Å². The number of fused-ring (bicyclic) bond motifs is 5. The second kappa shape index (κ2) is 9.12. The van der Waals surface area contributed by atoms with Crippen molar-refractivity contribution in [3.63, 3.8) is 0 Å². The third-order valence-corrected chi connectivity index (χ3v) is 7.87. The van der Waals surface area contributed by atoms with Gasteiger partial charge in [-0.1, -0.05) is 55.5 Å². The number of ether oxygens (including phenoxy) is 1. The van der Waals surface area contributed by atoms with E-state index in [-0.39, 0.29) is 36.3 Å². The molecule has 34 heavy (non-hydrogen) atoms. The fourth-order valence-electron chi connectivity index (χ4n) is 6.26. The summed E-state index contributed by atoms with van der Waals surface area (Å²) in [6, 6.07) is 15.1. The molecule has 0 radical (unpaired) electrons. The average Bonchev–Trinajstić information content (AvgIpc) is 3.53. The smallest absolute Gasteiger partial charge is 0.407 e. The highest BCUT2D eigenvalue weighted by Gasteiger charge is 2.52. The zero-order valence-corrected chi connectivity index (χ0v) is 19.2. The molecule has 2 amide bonds. The van der Waals surface area contributed by atoms with Crippen LogP contribution in [0.3, 0.4) is 0 Å². The fraction of sp³-hybridized carbons (Fsp3) is 0.444. The van der Waals surface area contributed by atoms with Crippen molar-refractivity contribution in [3.8, 4) is 11.1 Å². The van der Waals surface area contributed by atoms with Gasteiger partial charge in [0, 0.05) is 12.0 Å². The summed E-state index contributed by atoms with van der Waals surface area (Å²) in [4.78, 5) is 37.2. The molecule has 0 spiro atoms. The van der Waals surface area contributed by atoms with E-state index in [0.717, 1.165) is 30.4 Å². The molecule has 178 valence electrons. The molecule has 5 atom stereocenters. The molecule has 3 aliphatic rings. The summed E-state index contributed by atoms with van der Waals surface area (Å²) in [6.07, 6.45) is 2.54. The number of hydrogen-bond acceptors (Lipinski definition) is 4. The Hall–Kier alpha value is -3.35. The number of nitrogens with one attached hydrogen (secondary N) is 2. The normalized spacial score (nSPS) is 25.3. The summed E-state index contributed by atoms with van der Waals surface area (Å²) in [5, 5.41) is 14.9. The van der Waals surface area contributed by atoms with Gasteiger partial charge in [-0.3, -0.25) is 4.79 Å². The molecular formula is C27H30N2O5. The van der Waals surface area contributed by atoms with Crippen LogP contribution in [0.2, 0.25) is 0 Å². The second-order valence-electron chi connectivity index (χ2n) is 9.66. The largest absolute Gasteiger partial charge is 0.480 e. The molecule has 7 heteroatoms. The Balaban J connectivity index is 1.25. The highest BCUT2D eigenvalue weighted by Crippen LogP contribution is 2.49. The van der Waals surface area contributed by atoms with Crippen LogP contribution in [-0.4, -0.2) is 41.8 Å². The van der Waals surface area contributed by atoms with Crippen LogP contribution in [0, 0.1) is 17.8 Å². The minimum Gasteiger partial charge on any atom is -0.480 e. The predicted molar refractivity (Wildman–Crippen MR) is 126 cm³/mol. The Bertz CT molecular complexity index is 1070. The first-order valence-electron chi connectivity index (χ1n) is 12.1. The van der Waals surface area contributed by atoms with E-state index in [9.17, 15) is 19.5 Å². The maximum atomic E-state index is 13.0. The molecule has 2 fully saturated rings. The van der Waals surface area contributed by atoms with E-state index in [0.29, 0.717) is 6.42 Å². The van der Waals surface area contributed by atoms with Crippen LogP contribution in [0.4, 0.5) is 4.79 Å². The third kappa shape index (κ3) is 3.93. The summed E-state index contributed by atoms with van der Waals surface area (Å²) in [5.41, 5.74) is 4.63. The lowest BCUT2D eigenvalue weighted by Crippen LogP contribution is -2.52.